The fourth-order valence-electron chi connectivity index (χ4n) is 2.42. The summed E-state index contributed by atoms with van der Waals surface area (Å²) in [6.07, 6.45) is 0. The Bertz CT molecular complexity index is 985. The van der Waals surface area contributed by atoms with Crippen molar-refractivity contribution in [1.82, 2.24) is 15.0 Å². The van der Waals surface area contributed by atoms with Gasteiger partial charge in [-0.1, -0.05) is 29.3 Å². The molecular weight excluding hydrogens is 375 g/mol. The second kappa shape index (κ2) is 7.35. The van der Waals surface area contributed by atoms with Crippen molar-refractivity contribution < 1.29 is 9.53 Å². The molecule has 1 N–H and O–H groups in total. The first kappa shape index (κ1) is 18.2. The Hall–Kier alpha value is -2.57. The third-order valence-electron chi connectivity index (χ3n) is 3.77. The van der Waals surface area contributed by atoms with Crippen LogP contribution in [0, 0.1) is 13.8 Å². The smallest absolute Gasteiger partial charge is 0.278 e. The zero-order valence-electron chi connectivity index (χ0n) is 14.4. The molecule has 0 radical (unpaired) electrons. The summed E-state index contributed by atoms with van der Waals surface area (Å²) in [5.74, 6) is 0.0737. The van der Waals surface area contributed by atoms with Gasteiger partial charge in [0.25, 0.3) is 5.91 Å². The van der Waals surface area contributed by atoms with Crippen LogP contribution in [0.25, 0.3) is 5.69 Å². The second-order valence-corrected chi connectivity index (χ2v) is 6.50. The van der Waals surface area contributed by atoms with Gasteiger partial charge < -0.3 is 10.1 Å². The molecule has 0 aliphatic heterocycles. The molecule has 0 bridgehead atoms. The molecule has 1 amide bonds. The van der Waals surface area contributed by atoms with Crippen LogP contribution in [-0.2, 0) is 0 Å². The molecule has 0 atom stereocenters. The first-order valence-electron chi connectivity index (χ1n) is 7.74. The molecule has 26 heavy (non-hydrogen) atoms. The molecule has 134 valence electrons. The van der Waals surface area contributed by atoms with E-state index in [4.69, 9.17) is 27.9 Å². The van der Waals surface area contributed by atoms with E-state index in [-0.39, 0.29) is 5.69 Å². The molecule has 0 saturated carbocycles. The molecule has 0 unspecified atom stereocenters. The highest BCUT2D eigenvalue weighted by atomic mass is 35.5. The summed E-state index contributed by atoms with van der Waals surface area (Å²) in [6.45, 7) is 3.56. The number of hydrogen-bond donors (Lipinski definition) is 1. The maximum atomic E-state index is 12.7. The normalized spacial score (nSPS) is 10.7. The number of amides is 1. The van der Waals surface area contributed by atoms with Gasteiger partial charge in [0.15, 0.2) is 5.69 Å². The molecule has 0 aliphatic rings. The number of benzene rings is 2. The second-order valence-electron chi connectivity index (χ2n) is 5.66. The Balaban J connectivity index is 1.91. The van der Waals surface area contributed by atoms with Crippen molar-refractivity contribution in [3.8, 4) is 11.4 Å². The minimum Gasteiger partial charge on any atom is -0.495 e. The molecule has 0 fully saturated rings. The van der Waals surface area contributed by atoms with E-state index in [2.05, 4.69) is 15.5 Å². The number of anilines is 1. The van der Waals surface area contributed by atoms with E-state index in [1.165, 1.54) is 11.9 Å². The molecule has 0 spiro atoms. The lowest BCUT2D eigenvalue weighted by Crippen LogP contribution is -2.15. The van der Waals surface area contributed by atoms with Gasteiger partial charge in [-0.2, -0.15) is 9.90 Å². The summed E-state index contributed by atoms with van der Waals surface area (Å²) >= 11 is 12.1. The molecule has 6 nitrogen and oxygen atoms in total. The maximum Gasteiger partial charge on any atom is 0.278 e. The molecule has 3 aromatic rings. The van der Waals surface area contributed by atoms with Gasteiger partial charge in [-0.3, -0.25) is 4.79 Å². The number of hydrogen-bond acceptors (Lipinski definition) is 4. The van der Waals surface area contributed by atoms with E-state index in [1.54, 1.807) is 43.3 Å². The first-order valence-corrected chi connectivity index (χ1v) is 8.50. The van der Waals surface area contributed by atoms with Crippen LogP contribution in [0.5, 0.6) is 5.75 Å². The van der Waals surface area contributed by atoms with Crippen LogP contribution in [0.15, 0.2) is 36.4 Å². The Morgan fingerprint density at radius 3 is 2.62 bits per heavy atom. The van der Waals surface area contributed by atoms with Gasteiger partial charge in [0, 0.05) is 16.1 Å². The monoisotopic (exact) mass is 390 g/mol. The number of methoxy groups -OCH3 is 1. The van der Waals surface area contributed by atoms with Crippen LogP contribution in [-0.4, -0.2) is 28.0 Å². The zero-order chi connectivity index (χ0) is 18.8. The largest absolute Gasteiger partial charge is 0.495 e. The van der Waals surface area contributed by atoms with E-state index < -0.39 is 5.91 Å². The number of nitrogens with one attached hydrogen (secondary N) is 1. The van der Waals surface area contributed by atoms with E-state index in [0.29, 0.717) is 32.9 Å². The molecule has 0 aliphatic carbocycles. The zero-order valence-corrected chi connectivity index (χ0v) is 15.9. The minimum atomic E-state index is -0.393. The van der Waals surface area contributed by atoms with Gasteiger partial charge in [-0.05, 0) is 43.7 Å². The topological polar surface area (TPSA) is 69.0 Å². The number of aryl methyl sites for hydroxylation is 2. The van der Waals surface area contributed by atoms with Gasteiger partial charge in [0.1, 0.15) is 5.75 Å². The van der Waals surface area contributed by atoms with Crippen molar-refractivity contribution in [2.24, 2.45) is 0 Å². The average molecular weight is 391 g/mol. The lowest BCUT2D eigenvalue weighted by molar-refractivity contribution is 0.102. The quantitative estimate of drug-likeness (QED) is 0.714. The van der Waals surface area contributed by atoms with E-state index in [1.807, 2.05) is 6.92 Å². The molecule has 1 aromatic heterocycles. The Morgan fingerprint density at radius 1 is 1.15 bits per heavy atom. The van der Waals surface area contributed by atoms with E-state index in [0.717, 1.165) is 5.56 Å². The first-order chi connectivity index (χ1) is 12.4. The molecule has 8 heteroatoms. The molecule has 0 saturated heterocycles. The van der Waals surface area contributed by atoms with Crippen molar-refractivity contribution in [1.29, 1.82) is 0 Å². The molecule has 1 heterocycles. The highest BCUT2D eigenvalue weighted by Gasteiger charge is 2.18. The highest BCUT2D eigenvalue weighted by molar-refractivity contribution is 6.31. The molecule has 2 aromatic carbocycles. The van der Waals surface area contributed by atoms with Crippen molar-refractivity contribution >= 4 is 34.8 Å². The van der Waals surface area contributed by atoms with Gasteiger partial charge in [0.05, 0.1) is 24.2 Å². The van der Waals surface area contributed by atoms with Gasteiger partial charge in [-0.25, -0.2) is 0 Å². The fourth-order valence-corrected chi connectivity index (χ4v) is 2.75. The third-order valence-corrected chi connectivity index (χ3v) is 4.41. The maximum absolute atomic E-state index is 12.7. The average Bonchev–Trinajstić information content (AvgIpc) is 3.00. The number of carbonyl (C=O) groups is 1. The molecule has 3 rings (SSSR count). The van der Waals surface area contributed by atoms with Crippen LogP contribution in [0.4, 0.5) is 5.69 Å². The minimum absolute atomic E-state index is 0.208. The van der Waals surface area contributed by atoms with Crippen molar-refractivity contribution in [2.45, 2.75) is 13.8 Å². The van der Waals surface area contributed by atoms with Gasteiger partial charge >= 0.3 is 0 Å². The van der Waals surface area contributed by atoms with Gasteiger partial charge in [0.2, 0.25) is 0 Å². The Kier molecular flexibility index (Phi) is 5.15. The number of carbonyl (C=O) groups excluding carboxylic acids is 1. The lowest BCUT2D eigenvalue weighted by Gasteiger charge is -2.11. The summed E-state index contributed by atoms with van der Waals surface area (Å²) in [5.41, 5.74) is 2.70. The molecular formula is C18H16Cl2N4O2. The number of halogens is 2. The lowest BCUT2D eigenvalue weighted by atomic mass is 10.2. The van der Waals surface area contributed by atoms with Gasteiger partial charge in [-0.15, -0.1) is 5.10 Å². The van der Waals surface area contributed by atoms with E-state index >= 15 is 0 Å². The highest BCUT2D eigenvalue weighted by Crippen LogP contribution is 2.31. The summed E-state index contributed by atoms with van der Waals surface area (Å²) in [6, 6.07) is 10.5. The SMILES string of the molecule is COc1cc(Cl)c(C)cc1NC(=O)c1nn(-c2cccc(Cl)c2)nc1C. The van der Waals surface area contributed by atoms with Crippen LogP contribution in [0.1, 0.15) is 21.7 Å². The number of nitrogens with zero attached hydrogens (tertiary/aromatic N) is 3. The predicted octanol–water partition coefficient (Wildman–Crippen LogP) is 4.45. The summed E-state index contributed by atoms with van der Waals surface area (Å²) in [5, 5.41) is 12.5. The fraction of sp³-hybridized carbons (Fsp3) is 0.167. The van der Waals surface area contributed by atoms with Crippen molar-refractivity contribution in [2.75, 3.05) is 12.4 Å². The summed E-state index contributed by atoms with van der Waals surface area (Å²) in [7, 11) is 1.51. The van der Waals surface area contributed by atoms with Crippen LogP contribution >= 0.6 is 23.2 Å². The summed E-state index contributed by atoms with van der Waals surface area (Å²) < 4.78 is 5.28. The van der Waals surface area contributed by atoms with Crippen LogP contribution < -0.4 is 10.1 Å². The Morgan fingerprint density at radius 2 is 1.92 bits per heavy atom. The standard InChI is InChI=1S/C18H16Cl2N4O2/c1-10-7-15(16(26-3)9-14(10)20)21-18(25)17-11(2)22-24(23-17)13-6-4-5-12(19)8-13/h4-9H,1-3H3,(H,21,25). The number of ether oxygens (including phenoxy) is 1. The third kappa shape index (κ3) is 3.66. The van der Waals surface area contributed by atoms with Crippen molar-refractivity contribution in [3.63, 3.8) is 0 Å². The van der Waals surface area contributed by atoms with Crippen molar-refractivity contribution in [3.05, 3.63) is 63.4 Å². The number of aromatic nitrogens is 3. The predicted molar refractivity (Wildman–Crippen MR) is 102 cm³/mol. The summed E-state index contributed by atoms with van der Waals surface area (Å²) in [4.78, 5) is 14.0. The van der Waals surface area contributed by atoms with Crippen LogP contribution in [0.3, 0.4) is 0 Å². The van der Waals surface area contributed by atoms with E-state index in [9.17, 15) is 4.79 Å². The Labute approximate surface area is 160 Å². The number of rotatable bonds is 4. The van der Waals surface area contributed by atoms with Crippen LogP contribution in [0.2, 0.25) is 10.0 Å².